The molecule has 2 aromatic carbocycles. The first-order chi connectivity index (χ1) is 14.6. The monoisotopic (exact) mass is 416 g/mol. The minimum absolute atomic E-state index is 0.0240. The number of hydrogen-bond donors (Lipinski definition) is 0. The van der Waals surface area contributed by atoms with E-state index >= 15 is 0 Å². The van der Waals surface area contributed by atoms with Crippen LogP contribution >= 0.6 is 11.3 Å². The Hall–Kier alpha value is -2.79. The fourth-order valence-corrected chi connectivity index (χ4v) is 5.80. The lowest BCUT2D eigenvalue weighted by Crippen LogP contribution is -2.27. The molecule has 0 saturated carbocycles. The molecule has 0 saturated heterocycles. The molecule has 30 heavy (non-hydrogen) atoms. The van der Waals surface area contributed by atoms with Crippen molar-refractivity contribution in [2.24, 2.45) is 0 Å². The van der Waals surface area contributed by atoms with Crippen molar-refractivity contribution in [3.63, 3.8) is 0 Å². The lowest BCUT2D eigenvalue weighted by Gasteiger charge is -2.14. The van der Waals surface area contributed by atoms with Gasteiger partial charge in [-0.3, -0.25) is 14.2 Å². The van der Waals surface area contributed by atoms with E-state index in [1.807, 2.05) is 12.1 Å². The molecule has 0 amide bonds. The number of ketones is 1. The van der Waals surface area contributed by atoms with Crippen LogP contribution in [0.25, 0.3) is 21.0 Å². The average Bonchev–Trinajstić information content (AvgIpc) is 3.12. The van der Waals surface area contributed by atoms with Gasteiger partial charge in [0.05, 0.1) is 5.39 Å². The molecule has 0 N–H and O–H groups in total. The first-order valence-corrected chi connectivity index (χ1v) is 11.4. The van der Waals surface area contributed by atoms with Gasteiger partial charge in [-0.05, 0) is 54.5 Å². The third kappa shape index (κ3) is 3.37. The fourth-order valence-electron chi connectivity index (χ4n) is 4.53. The highest BCUT2D eigenvalue weighted by atomic mass is 32.1. The molecule has 2 heterocycles. The molecule has 4 aromatic rings. The lowest BCUT2D eigenvalue weighted by atomic mass is 9.97. The number of carbonyl (C=O) groups is 1. The van der Waals surface area contributed by atoms with E-state index in [1.165, 1.54) is 27.6 Å². The van der Waals surface area contributed by atoms with Crippen molar-refractivity contribution in [1.29, 1.82) is 0 Å². The summed E-state index contributed by atoms with van der Waals surface area (Å²) < 4.78 is 1.76. The quantitative estimate of drug-likeness (QED) is 0.457. The summed E-state index contributed by atoms with van der Waals surface area (Å²) in [7, 11) is 0. The highest BCUT2D eigenvalue weighted by Gasteiger charge is 2.22. The molecule has 0 radical (unpaired) electrons. The van der Waals surface area contributed by atoms with Crippen LogP contribution in [-0.4, -0.2) is 15.3 Å². The molecule has 0 spiro atoms. The molecular weight excluding hydrogens is 392 g/mol. The van der Waals surface area contributed by atoms with E-state index < -0.39 is 0 Å². The largest absolute Gasteiger partial charge is 0.300 e. The van der Waals surface area contributed by atoms with Gasteiger partial charge in [0.2, 0.25) is 0 Å². The summed E-state index contributed by atoms with van der Waals surface area (Å²) in [6.07, 6.45) is 5.24. The zero-order chi connectivity index (χ0) is 20.7. The van der Waals surface area contributed by atoms with Crippen molar-refractivity contribution in [2.75, 3.05) is 0 Å². The van der Waals surface area contributed by atoms with E-state index in [1.54, 1.807) is 22.8 Å². The number of carbonyl (C=O) groups excluding carboxylic acids is 1. The van der Waals surface area contributed by atoms with Crippen LogP contribution in [-0.2, 0) is 30.6 Å². The molecule has 4 nitrogen and oxygen atoms in total. The number of Topliss-reactive ketones (excluding diaryl/α,β-unsaturated/α-hetero) is 1. The maximum absolute atomic E-state index is 13.6. The fraction of sp³-hybridized carbons (Fsp3) is 0.320. The van der Waals surface area contributed by atoms with Crippen molar-refractivity contribution in [2.45, 2.75) is 52.0 Å². The van der Waals surface area contributed by atoms with Crippen LogP contribution in [0.4, 0.5) is 0 Å². The molecule has 0 bridgehead atoms. The van der Waals surface area contributed by atoms with Crippen LogP contribution in [0, 0.1) is 0 Å². The van der Waals surface area contributed by atoms with Gasteiger partial charge in [0.1, 0.15) is 16.4 Å². The Balaban J connectivity index is 1.68. The Morgan fingerprint density at radius 2 is 1.90 bits per heavy atom. The summed E-state index contributed by atoms with van der Waals surface area (Å²) in [6.45, 7) is 1.97. The summed E-state index contributed by atoms with van der Waals surface area (Å²) in [6, 6.07) is 14.6. The third-order valence-corrected chi connectivity index (χ3v) is 7.26. The summed E-state index contributed by atoms with van der Waals surface area (Å²) in [4.78, 5) is 32.4. The van der Waals surface area contributed by atoms with Crippen molar-refractivity contribution in [1.82, 2.24) is 9.55 Å². The molecule has 0 unspecified atom stereocenters. The zero-order valence-corrected chi connectivity index (χ0v) is 17.9. The highest BCUT2D eigenvalue weighted by molar-refractivity contribution is 7.18. The van der Waals surface area contributed by atoms with E-state index in [0.717, 1.165) is 40.9 Å². The molecule has 0 aliphatic heterocycles. The summed E-state index contributed by atoms with van der Waals surface area (Å²) in [5, 5.41) is 3.15. The van der Waals surface area contributed by atoms with Crippen molar-refractivity contribution >= 4 is 38.1 Å². The van der Waals surface area contributed by atoms with Gasteiger partial charge in [-0.1, -0.05) is 42.5 Å². The summed E-state index contributed by atoms with van der Waals surface area (Å²) in [5.74, 6) is 0.842. The summed E-state index contributed by atoms with van der Waals surface area (Å²) in [5.41, 5.74) is 2.38. The molecule has 5 rings (SSSR count). The topological polar surface area (TPSA) is 52.0 Å². The maximum atomic E-state index is 13.6. The normalized spacial score (nSPS) is 13.6. The molecule has 152 valence electrons. The van der Waals surface area contributed by atoms with Crippen LogP contribution in [0.3, 0.4) is 0 Å². The molecule has 0 atom stereocenters. The van der Waals surface area contributed by atoms with Crippen LogP contribution in [0.5, 0.6) is 0 Å². The first kappa shape index (κ1) is 19.2. The third-order valence-electron chi connectivity index (χ3n) is 6.07. The van der Waals surface area contributed by atoms with Crippen LogP contribution < -0.4 is 5.56 Å². The van der Waals surface area contributed by atoms with E-state index in [2.05, 4.69) is 30.3 Å². The predicted molar refractivity (Wildman–Crippen MR) is 123 cm³/mol. The Labute approximate surface area is 179 Å². The van der Waals surface area contributed by atoms with E-state index in [4.69, 9.17) is 4.98 Å². The van der Waals surface area contributed by atoms with Crippen LogP contribution in [0.1, 0.15) is 48.0 Å². The Kier molecular flexibility index (Phi) is 4.99. The van der Waals surface area contributed by atoms with Crippen molar-refractivity contribution in [3.05, 3.63) is 74.6 Å². The number of rotatable bonds is 5. The highest BCUT2D eigenvalue weighted by Crippen LogP contribution is 2.34. The minimum Gasteiger partial charge on any atom is -0.300 e. The van der Waals surface area contributed by atoms with Gasteiger partial charge in [-0.15, -0.1) is 11.3 Å². The number of nitrogens with zero attached hydrogens (tertiary/aromatic N) is 2. The molecule has 5 heteroatoms. The van der Waals surface area contributed by atoms with E-state index in [-0.39, 0.29) is 11.3 Å². The average molecular weight is 417 g/mol. The van der Waals surface area contributed by atoms with E-state index in [0.29, 0.717) is 19.4 Å². The molecular formula is C25H24N2O2S. The molecule has 0 fully saturated rings. The van der Waals surface area contributed by atoms with Gasteiger partial charge >= 0.3 is 0 Å². The number of aromatic nitrogens is 2. The van der Waals surface area contributed by atoms with Crippen molar-refractivity contribution < 1.29 is 4.79 Å². The molecule has 1 aliphatic carbocycles. The number of thiophene rings is 1. The second kappa shape index (κ2) is 7.80. The van der Waals surface area contributed by atoms with Crippen molar-refractivity contribution in [3.8, 4) is 0 Å². The zero-order valence-electron chi connectivity index (χ0n) is 17.1. The van der Waals surface area contributed by atoms with Gasteiger partial charge in [0.15, 0.2) is 0 Å². The number of hydrogen-bond acceptors (Lipinski definition) is 4. The van der Waals surface area contributed by atoms with Gasteiger partial charge < -0.3 is 0 Å². The molecule has 1 aliphatic rings. The van der Waals surface area contributed by atoms with Crippen LogP contribution in [0.15, 0.2) is 47.3 Å². The van der Waals surface area contributed by atoms with E-state index in [9.17, 15) is 9.59 Å². The number of benzene rings is 2. The Morgan fingerprint density at radius 1 is 1.10 bits per heavy atom. The van der Waals surface area contributed by atoms with Gasteiger partial charge in [0.25, 0.3) is 5.56 Å². The lowest BCUT2D eigenvalue weighted by molar-refractivity contribution is -0.117. The maximum Gasteiger partial charge on any atom is 0.262 e. The van der Waals surface area contributed by atoms with Gasteiger partial charge in [0, 0.05) is 24.3 Å². The van der Waals surface area contributed by atoms with Crippen LogP contribution in [0.2, 0.25) is 0 Å². The SMILES string of the molecule is CC(=O)CCn1c(Cc2cccc3ccccc23)nc2sc3c(c2c1=O)CCCC3. The Morgan fingerprint density at radius 3 is 2.77 bits per heavy atom. The smallest absolute Gasteiger partial charge is 0.262 e. The number of fused-ring (bicyclic) bond motifs is 4. The van der Waals surface area contributed by atoms with Gasteiger partial charge in [-0.25, -0.2) is 4.98 Å². The Bertz CT molecular complexity index is 1330. The summed E-state index contributed by atoms with van der Waals surface area (Å²) >= 11 is 1.68. The second-order valence-corrected chi connectivity index (χ2v) is 9.23. The minimum atomic E-state index is 0.0240. The second-order valence-electron chi connectivity index (χ2n) is 8.14. The van der Waals surface area contributed by atoms with Gasteiger partial charge in [-0.2, -0.15) is 0 Å². The standard InChI is InChI=1S/C25H24N2O2S/c1-16(28)13-14-27-22(15-18-9-6-8-17-7-2-3-10-19(17)18)26-24-23(25(27)29)20-11-4-5-12-21(20)30-24/h2-3,6-10H,4-5,11-15H2,1H3. The molecule has 2 aromatic heterocycles. The number of aryl methyl sites for hydroxylation is 2. The predicted octanol–water partition coefficient (Wildman–Crippen LogP) is 5.06. The first-order valence-electron chi connectivity index (χ1n) is 10.6.